The van der Waals surface area contributed by atoms with Gasteiger partial charge in [-0.05, 0) is 18.2 Å². The number of nitrogens with one attached hydrogen (secondary N) is 1. The van der Waals surface area contributed by atoms with Crippen LogP contribution in [0.5, 0.6) is 0 Å². The van der Waals surface area contributed by atoms with Gasteiger partial charge in [-0.15, -0.1) is 0 Å². The van der Waals surface area contributed by atoms with Crippen LogP contribution in [0.25, 0.3) is 0 Å². The van der Waals surface area contributed by atoms with Crippen LogP contribution in [0.1, 0.15) is 18.1 Å². The lowest BCUT2D eigenvalue weighted by molar-refractivity contribution is -0.138. The van der Waals surface area contributed by atoms with Crippen molar-refractivity contribution in [2.45, 2.75) is 25.7 Å². The first-order valence-corrected chi connectivity index (χ1v) is 6.12. The van der Waals surface area contributed by atoms with Crippen LogP contribution in [0.3, 0.4) is 0 Å². The monoisotopic (exact) mass is 258 g/mol. The quantitative estimate of drug-likeness (QED) is 0.892. The van der Waals surface area contributed by atoms with Crippen molar-refractivity contribution in [2.75, 3.05) is 19.6 Å². The number of benzene rings is 1. The molecular formula is C13H17F3N2. The van der Waals surface area contributed by atoms with E-state index < -0.39 is 11.7 Å². The average Bonchev–Trinajstić information content (AvgIpc) is 2.25. The second-order valence-electron chi connectivity index (χ2n) is 4.53. The van der Waals surface area contributed by atoms with Crippen LogP contribution in [0, 0.1) is 0 Å². The number of nitrogens with zero attached hydrogens (tertiary/aromatic N) is 1. The average molecular weight is 258 g/mol. The maximum atomic E-state index is 12.9. The van der Waals surface area contributed by atoms with Gasteiger partial charge >= 0.3 is 6.18 Å². The molecule has 18 heavy (non-hydrogen) atoms. The third-order valence-electron chi connectivity index (χ3n) is 3.38. The van der Waals surface area contributed by atoms with Gasteiger partial charge in [0.05, 0.1) is 5.56 Å². The Morgan fingerprint density at radius 1 is 1.28 bits per heavy atom. The molecule has 0 atom stereocenters. The van der Waals surface area contributed by atoms with Gasteiger partial charge in [0.2, 0.25) is 0 Å². The molecule has 1 N–H and O–H groups in total. The molecule has 2 rings (SSSR count). The highest BCUT2D eigenvalue weighted by molar-refractivity contribution is 5.29. The number of hydrogen-bond acceptors (Lipinski definition) is 2. The van der Waals surface area contributed by atoms with Crippen molar-refractivity contribution in [2.24, 2.45) is 0 Å². The Bertz CT molecular complexity index is 399. The van der Waals surface area contributed by atoms with Crippen LogP contribution < -0.4 is 5.32 Å². The minimum atomic E-state index is -4.27. The molecule has 0 unspecified atom stereocenters. The molecule has 1 fully saturated rings. The van der Waals surface area contributed by atoms with Gasteiger partial charge in [0.15, 0.2) is 0 Å². The fourth-order valence-electron chi connectivity index (χ4n) is 2.18. The summed E-state index contributed by atoms with van der Waals surface area (Å²) in [6.45, 7) is 4.83. The lowest BCUT2D eigenvalue weighted by Crippen LogP contribution is -2.56. The van der Waals surface area contributed by atoms with Gasteiger partial charge in [-0.2, -0.15) is 13.2 Å². The summed E-state index contributed by atoms with van der Waals surface area (Å²) in [5.74, 6) is 0. The van der Waals surface area contributed by atoms with Gasteiger partial charge in [0.25, 0.3) is 0 Å². The van der Waals surface area contributed by atoms with Gasteiger partial charge in [0.1, 0.15) is 0 Å². The predicted molar refractivity (Wildman–Crippen MR) is 64.2 cm³/mol. The molecule has 0 radical (unpaired) electrons. The van der Waals surface area contributed by atoms with E-state index in [9.17, 15) is 13.2 Å². The summed E-state index contributed by atoms with van der Waals surface area (Å²) in [7, 11) is 0. The summed E-state index contributed by atoms with van der Waals surface area (Å²) >= 11 is 0. The van der Waals surface area contributed by atoms with E-state index in [2.05, 4.69) is 10.2 Å². The lowest BCUT2D eigenvalue weighted by Gasteiger charge is -2.38. The molecule has 1 aliphatic heterocycles. The van der Waals surface area contributed by atoms with Crippen LogP contribution in [0.4, 0.5) is 13.2 Å². The van der Waals surface area contributed by atoms with Crippen LogP contribution >= 0.6 is 0 Å². The number of likely N-dealkylation sites (N-methyl/N-ethyl adjacent to an activating group) is 1. The summed E-state index contributed by atoms with van der Waals surface area (Å²) in [4.78, 5) is 2.08. The van der Waals surface area contributed by atoms with Crippen molar-refractivity contribution in [1.82, 2.24) is 10.2 Å². The molecule has 1 aliphatic rings. The Hall–Kier alpha value is -1.07. The predicted octanol–water partition coefficient (Wildman–Crippen LogP) is 2.50. The molecule has 1 saturated heterocycles. The Morgan fingerprint density at radius 2 is 1.94 bits per heavy atom. The van der Waals surface area contributed by atoms with Crippen molar-refractivity contribution < 1.29 is 13.2 Å². The normalized spacial score (nSPS) is 16.9. The summed E-state index contributed by atoms with van der Waals surface area (Å²) in [6.07, 6.45) is -4.27. The highest BCUT2D eigenvalue weighted by Gasteiger charge is 2.34. The van der Waals surface area contributed by atoms with Crippen molar-refractivity contribution in [3.8, 4) is 0 Å². The third kappa shape index (κ3) is 2.84. The zero-order valence-electron chi connectivity index (χ0n) is 10.3. The van der Waals surface area contributed by atoms with E-state index in [1.807, 2.05) is 6.92 Å². The van der Waals surface area contributed by atoms with E-state index in [1.165, 1.54) is 6.07 Å². The Balaban J connectivity index is 2.17. The highest BCUT2D eigenvalue weighted by atomic mass is 19.4. The Labute approximate surface area is 105 Å². The molecule has 0 saturated carbocycles. The fraction of sp³-hybridized carbons (Fsp3) is 0.538. The largest absolute Gasteiger partial charge is 0.416 e. The number of halogens is 3. The molecule has 0 aromatic heterocycles. The SMILES string of the molecule is CCN(Cc1ccccc1C(F)(F)F)C1CNC1. The summed E-state index contributed by atoms with van der Waals surface area (Å²) in [5, 5.41) is 3.14. The molecule has 0 amide bonds. The second kappa shape index (κ2) is 5.28. The number of hydrogen-bond donors (Lipinski definition) is 1. The van der Waals surface area contributed by atoms with Crippen LogP contribution in [0.2, 0.25) is 0 Å². The van der Waals surface area contributed by atoms with E-state index in [4.69, 9.17) is 0 Å². The molecule has 100 valence electrons. The summed E-state index contributed by atoms with van der Waals surface area (Å²) in [5.41, 5.74) is -0.158. The minimum absolute atomic E-state index is 0.358. The third-order valence-corrected chi connectivity index (χ3v) is 3.38. The smallest absolute Gasteiger partial charge is 0.314 e. The molecule has 5 heteroatoms. The van der Waals surface area contributed by atoms with E-state index in [1.54, 1.807) is 12.1 Å². The standard InChI is InChI=1S/C13H17F3N2/c1-2-18(11-7-17-8-11)9-10-5-3-4-6-12(10)13(14,15)16/h3-6,11,17H,2,7-9H2,1H3. The van der Waals surface area contributed by atoms with Crippen molar-refractivity contribution in [1.29, 1.82) is 0 Å². The van der Waals surface area contributed by atoms with E-state index >= 15 is 0 Å². The van der Waals surface area contributed by atoms with Crippen molar-refractivity contribution in [3.05, 3.63) is 35.4 Å². The zero-order valence-corrected chi connectivity index (χ0v) is 10.3. The first kappa shape index (κ1) is 13.4. The first-order valence-electron chi connectivity index (χ1n) is 6.12. The van der Waals surface area contributed by atoms with E-state index in [0.29, 0.717) is 18.2 Å². The van der Waals surface area contributed by atoms with Crippen LogP contribution in [-0.4, -0.2) is 30.6 Å². The Kier molecular flexibility index (Phi) is 3.92. The maximum Gasteiger partial charge on any atom is 0.416 e. The fourth-order valence-corrected chi connectivity index (χ4v) is 2.18. The van der Waals surface area contributed by atoms with Gasteiger partial charge in [-0.25, -0.2) is 0 Å². The molecule has 1 heterocycles. The van der Waals surface area contributed by atoms with Crippen LogP contribution in [-0.2, 0) is 12.7 Å². The van der Waals surface area contributed by atoms with E-state index in [0.717, 1.165) is 25.7 Å². The molecule has 1 aromatic carbocycles. The first-order chi connectivity index (χ1) is 8.52. The second-order valence-corrected chi connectivity index (χ2v) is 4.53. The molecular weight excluding hydrogens is 241 g/mol. The van der Waals surface area contributed by atoms with Gasteiger partial charge in [-0.3, -0.25) is 4.90 Å². The van der Waals surface area contributed by atoms with E-state index in [-0.39, 0.29) is 0 Å². The Morgan fingerprint density at radius 3 is 2.44 bits per heavy atom. The topological polar surface area (TPSA) is 15.3 Å². The van der Waals surface area contributed by atoms with Crippen LogP contribution in [0.15, 0.2) is 24.3 Å². The summed E-state index contributed by atoms with van der Waals surface area (Å²) in [6, 6.07) is 6.18. The molecule has 1 aromatic rings. The highest BCUT2D eigenvalue weighted by Crippen LogP contribution is 2.32. The molecule has 2 nitrogen and oxygen atoms in total. The number of rotatable bonds is 4. The minimum Gasteiger partial charge on any atom is -0.314 e. The van der Waals surface area contributed by atoms with Gasteiger partial charge in [0, 0.05) is 25.7 Å². The van der Waals surface area contributed by atoms with Gasteiger partial charge in [-0.1, -0.05) is 25.1 Å². The van der Waals surface area contributed by atoms with Crippen molar-refractivity contribution in [3.63, 3.8) is 0 Å². The zero-order chi connectivity index (χ0) is 13.2. The maximum absolute atomic E-state index is 12.9. The number of alkyl halides is 3. The van der Waals surface area contributed by atoms with Gasteiger partial charge < -0.3 is 5.32 Å². The lowest BCUT2D eigenvalue weighted by atomic mass is 10.0. The van der Waals surface area contributed by atoms with Crippen molar-refractivity contribution >= 4 is 0 Å². The molecule has 0 aliphatic carbocycles. The molecule has 0 bridgehead atoms. The molecule has 0 spiro atoms. The summed E-state index contributed by atoms with van der Waals surface area (Å²) < 4.78 is 38.6.